The number of esters is 1. The monoisotopic (exact) mass is 457 g/mol. The second-order valence-corrected chi connectivity index (χ2v) is 8.06. The number of nitrogens with one attached hydrogen (secondary N) is 1. The van der Waals surface area contributed by atoms with E-state index in [1.165, 1.54) is 11.3 Å². The van der Waals surface area contributed by atoms with Gasteiger partial charge in [-0.15, -0.1) is 11.3 Å². The maximum Gasteiger partial charge on any atom is 0.341 e. The molecule has 144 valence electrons. The fourth-order valence-corrected chi connectivity index (χ4v) is 4.39. The molecule has 28 heavy (non-hydrogen) atoms. The molecule has 0 saturated heterocycles. The molecule has 0 aliphatic rings. The first kappa shape index (κ1) is 20.3. The van der Waals surface area contributed by atoms with Crippen molar-refractivity contribution < 1.29 is 14.3 Å². The molecule has 3 aromatic rings. The van der Waals surface area contributed by atoms with Gasteiger partial charge < -0.3 is 10.1 Å². The number of amides is 1. The largest absolute Gasteiger partial charge is 0.462 e. The number of ether oxygens (including phenoxy) is 1. The molecule has 0 spiro atoms. The van der Waals surface area contributed by atoms with Crippen molar-refractivity contribution in [3.63, 3.8) is 0 Å². The topological polar surface area (TPSA) is 55.4 Å². The average Bonchev–Trinajstić information content (AvgIpc) is 3.05. The summed E-state index contributed by atoms with van der Waals surface area (Å²) >= 11 is 4.71. The van der Waals surface area contributed by atoms with E-state index in [0.29, 0.717) is 20.6 Å². The number of benzene rings is 2. The molecule has 0 atom stereocenters. The van der Waals surface area contributed by atoms with E-state index in [1.54, 1.807) is 25.1 Å². The van der Waals surface area contributed by atoms with Gasteiger partial charge in [-0.1, -0.05) is 35.9 Å². The Bertz CT molecular complexity index is 1040. The van der Waals surface area contributed by atoms with Crippen LogP contribution in [-0.4, -0.2) is 18.5 Å². The quantitative estimate of drug-likeness (QED) is 0.462. The van der Waals surface area contributed by atoms with Crippen molar-refractivity contribution in [2.75, 3.05) is 11.9 Å². The Kier molecular flexibility index (Phi) is 6.31. The molecule has 2 aromatic carbocycles. The number of carbonyl (C=O) groups is 2. The Morgan fingerprint density at radius 3 is 2.54 bits per heavy atom. The molecule has 0 aliphatic carbocycles. The van der Waals surface area contributed by atoms with Crippen LogP contribution in [0.1, 0.15) is 38.8 Å². The number of halogens is 1. The Morgan fingerprint density at radius 1 is 1.11 bits per heavy atom. The highest BCUT2D eigenvalue weighted by Crippen LogP contribution is 2.38. The lowest BCUT2D eigenvalue weighted by Gasteiger charge is -2.11. The van der Waals surface area contributed by atoms with Gasteiger partial charge in [0.15, 0.2) is 0 Å². The van der Waals surface area contributed by atoms with Gasteiger partial charge in [-0.05, 0) is 60.0 Å². The van der Waals surface area contributed by atoms with Crippen LogP contribution in [0.25, 0.3) is 11.1 Å². The lowest BCUT2D eigenvalue weighted by Crippen LogP contribution is -2.15. The zero-order chi connectivity index (χ0) is 20.3. The lowest BCUT2D eigenvalue weighted by molar-refractivity contribution is 0.0529. The molecule has 0 radical (unpaired) electrons. The zero-order valence-corrected chi connectivity index (χ0v) is 18.2. The van der Waals surface area contributed by atoms with Crippen molar-refractivity contribution >= 4 is 44.1 Å². The van der Waals surface area contributed by atoms with Crippen molar-refractivity contribution in [2.45, 2.75) is 20.8 Å². The predicted molar refractivity (Wildman–Crippen MR) is 117 cm³/mol. The summed E-state index contributed by atoms with van der Waals surface area (Å²) in [5, 5.41) is 5.25. The normalized spacial score (nSPS) is 10.6. The van der Waals surface area contributed by atoms with Crippen LogP contribution in [0, 0.1) is 13.8 Å². The maximum atomic E-state index is 12.7. The minimum atomic E-state index is -0.443. The number of rotatable bonds is 5. The van der Waals surface area contributed by atoms with Crippen molar-refractivity contribution in [3.8, 4) is 11.1 Å². The van der Waals surface area contributed by atoms with Gasteiger partial charge in [-0.2, -0.15) is 0 Å². The van der Waals surface area contributed by atoms with E-state index in [-0.39, 0.29) is 12.5 Å². The number of aryl methyl sites for hydroxylation is 2. The van der Waals surface area contributed by atoms with Crippen LogP contribution in [0.2, 0.25) is 0 Å². The first-order valence-corrected chi connectivity index (χ1v) is 10.5. The molecule has 0 bridgehead atoms. The van der Waals surface area contributed by atoms with Crippen molar-refractivity contribution in [3.05, 3.63) is 74.6 Å². The van der Waals surface area contributed by atoms with Crippen molar-refractivity contribution in [1.82, 2.24) is 0 Å². The van der Waals surface area contributed by atoms with E-state index in [4.69, 9.17) is 4.74 Å². The summed E-state index contributed by atoms with van der Waals surface area (Å²) in [5.74, 6) is -0.729. The van der Waals surface area contributed by atoms with E-state index in [2.05, 4.69) is 27.3 Å². The van der Waals surface area contributed by atoms with Crippen LogP contribution in [0.3, 0.4) is 0 Å². The van der Waals surface area contributed by atoms with Gasteiger partial charge >= 0.3 is 5.97 Å². The summed E-state index contributed by atoms with van der Waals surface area (Å²) in [6, 6.07) is 13.2. The Morgan fingerprint density at radius 2 is 1.86 bits per heavy atom. The van der Waals surface area contributed by atoms with E-state index in [9.17, 15) is 9.59 Å². The summed E-state index contributed by atoms with van der Waals surface area (Å²) in [7, 11) is 0. The molecule has 0 saturated carbocycles. The highest BCUT2D eigenvalue weighted by Gasteiger charge is 2.24. The van der Waals surface area contributed by atoms with Crippen LogP contribution < -0.4 is 5.32 Å². The third-order valence-electron chi connectivity index (χ3n) is 4.29. The number of hydrogen-bond donors (Lipinski definition) is 1. The number of thiophene rings is 1. The van der Waals surface area contributed by atoms with Gasteiger partial charge in [-0.25, -0.2) is 4.79 Å². The summed E-state index contributed by atoms with van der Waals surface area (Å²) < 4.78 is 5.96. The summed E-state index contributed by atoms with van der Waals surface area (Å²) in [6.07, 6.45) is 0. The zero-order valence-electron chi connectivity index (χ0n) is 15.8. The van der Waals surface area contributed by atoms with Gasteiger partial charge in [0.1, 0.15) is 10.6 Å². The molecule has 1 amide bonds. The van der Waals surface area contributed by atoms with Gasteiger partial charge in [0.25, 0.3) is 5.91 Å². The third kappa shape index (κ3) is 4.18. The van der Waals surface area contributed by atoms with Crippen LogP contribution in [-0.2, 0) is 4.74 Å². The first-order valence-electron chi connectivity index (χ1n) is 8.84. The Labute approximate surface area is 176 Å². The second-order valence-electron chi connectivity index (χ2n) is 6.33. The van der Waals surface area contributed by atoms with E-state index < -0.39 is 5.97 Å². The van der Waals surface area contributed by atoms with Crippen molar-refractivity contribution in [1.29, 1.82) is 0 Å². The van der Waals surface area contributed by atoms with Crippen LogP contribution in [0.4, 0.5) is 5.00 Å². The molecule has 4 nitrogen and oxygen atoms in total. The first-order chi connectivity index (χ1) is 13.4. The van der Waals surface area contributed by atoms with Gasteiger partial charge in [0, 0.05) is 15.4 Å². The molecule has 1 N–H and O–H groups in total. The maximum absolute atomic E-state index is 12.7. The lowest BCUT2D eigenvalue weighted by atomic mass is 9.97. The molecular weight excluding hydrogens is 438 g/mol. The number of carbonyl (C=O) groups excluding carboxylic acids is 2. The SMILES string of the molecule is CCOC(=O)c1c(-c2ccc(C)cc2C)csc1NC(=O)c1ccccc1Br. The molecule has 0 fully saturated rings. The minimum Gasteiger partial charge on any atom is -0.462 e. The van der Waals surface area contributed by atoms with Crippen LogP contribution in [0.5, 0.6) is 0 Å². The molecule has 6 heteroatoms. The number of anilines is 1. The number of hydrogen-bond acceptors (Lipinski definition) is 4. The van der Waals surface area contributed by atoms with E-state index in [1.807, 2.05) is 37.4 Å². The van der Waals surface area contributed by atoms with Gasteiger partial charge in [0.05, 0.1) is 12.2 Å². The molecule has 3 rings (SSSR count). The highest BCUT2D eigenvalue weighted by molar-refractivity contribution is 9.10. The molecular formula is C22H20BrNO3S. The smallest absolute Gasteiger partial charge is 0.341 e. The minimum absolute atomic E-state index is 0.263. The van der Waals surface area contributed by atoms with Gasteiger partial charge in [-0.3, -0.25) is 4.79 Å². The van der Waals surface area contributed by atoms with E-state index in [0.717, 1.165) is 22.3 Å². The van der Waals surface area contributed by atoms with E-state index >= 15 is 0 Å². The third-order valence-corrected chi connectivity index (χ3v) is 5.88. The van der Waals surface area contributed by atoms with Crippen LogP contribution in [0.15, 0.2) is 52.3 Å². The molecule has 1 aromatic heterocycles. The average molecular weight is 458 g/mol. The summed E-state index contributed by atoms with van der Waals surface area (Å²) in [4.78, 5) is 25.4. The summed E-state index contributed by atoms with van der Waals surface area (Å²) in [6.45, 7) is 6.06. The standard InChI is InChI=1S/C22H20BrNO3S/c1-4-27-22(26)19-17(15-10-9-13(2)11-14(15)3)12-28-21(19)24-20(25)16-7-5-6-8-18(16)23/h5-12H,4H2,1-3H3,(H,24,25). The van der Waals surface area contributed by atoms with Gasteiger partial charge in [0.2, 0.25) is 0 Å². The molecule has 1 heterocycles. The second kappa shape index (κ2) is 8.71. The fourth-order valence-electron chi connectivity index (χ4n) is 2.99. The molecule has 0 unspecified atom stereocenters. The molecule has 0 aliphatic heterocycles. The summed E-state index contributed by atoms with van der Waals surface area (Å²) in [5.41, 5.74) is 4.82. The van der Waals surface area contributed by atoms with Crippen molar-refractivity contribution in [2.24, 2.45) is 0 Å². The Balaban J connectivity index is 2.04. The highest BCUT2D eigenvalue weighted by atomic mass is 79.9. The fraction of sp³-hybridized carbons (Fsp3) is 0.182. The predicted octanol–water partition coefficient (Wildman–Crippen LogP) is 6.22. The Hall–Kier alpha value is -2.44. The van der Waals surface area contributed by atoms with Crippen LogP contribution >= 0.6 is 27.3 Å².